The van der Waals surface area contributed by atoms with E-state index in [9.17, 15) is 4.79 Å². The second kappa shape index (κ2) is 8.20. The fourth-order valence-corrected chi connectivity index (χ4v) is 1.81. The molecule has 0 atom stereocenters. The van der Waals surface area contributed by atoms with Gasteiger partial charge in [0.1, 0.15) is 10.9 Å². The van der Waals surface area contributed by atoms with Crippen molar-refractivity contribution in [1.29, 1.82) is 0 Å². The van der Waals surface area contributed by atoms with E-state index in [2.05, 4.69) is 17.2 Å². The van der Waals surface area contributed by atoms with E-state index >= 15 is 0 Å². The average molecular weight is 317 g/mol. The van der Waals surface area contributed by atoms with Gasteiger partial charge in [0.2, 0.25) is 5.91 Å². The molecule has 0 saturated carbocycles. The Kier molecular flexibility index (Phi) is 5.98. The van der Waals surface area contributed by atoms with E-state index in [1.165, 1.54) is 12.3 Å². The quantitative estimate of drug-likeness (QED) is 0.642. The third-order valence-electron chi connectivity index (χ3n) is 2.78. The van der Waals surface area contributed by atoms with Gasteiger partial charge in [0.05, 0.1) is 18.5 Å². The van der Waals surface area contributed by atoms with Crippen LogP contribution in [0.15, 0.2) is 48.7 Å². The lowest BCUT2D eigenvalue weighted by Gasteiger charge is -2.04. The van der Waals surface area contributed by atoms with Crippen LogP contribution in [0.25, 0.3) is 6.08 Å². The number of ether oxygens (including phenoxy) is 1. The molecule has 1 N–H and O–H groups in total. The van der Waals surface area contributed by atoms with Crippen molar-refractivity contribution in [1.82, 2.24) is 4.98 Å². The second-order valence-corrected chi connectivity index (χ2v) is 5.00. The van der Waals surface area contributed by atoms with Crippen molar-refractivity contribution in [3.8, 4) is 5.75 Å². The highest BCUT2D eigenvalue weighted by atomic mass is 35.5. The first-order valence-electron chi connectivity index (χ1n) is 7.01. The van der Waals surface area contributed by atoms with E-state index in [1.807, 2.05) is 24.3 Å². The van der Waals surface area contributed by atoms with Gasteiger partial charge in [0, 0.05) is 6.08 Å². The van der Waals surface area contributed by atoms with E-state index < -0.39 is 0 Å². The van der Waals surface area contributed by atoms with Crippen molar-refractivity contribution in [2.24, 2.45) is 0 Å². The Morgan fingerprint density at radius 1 is 1.27 bits per heavy atom. The Morgan fingerprint density at radius 3 is 2.68 bits per heavy atom. The number of pyridine rings is 1. The monoisotopic (exact) mass is 316 g/mol. The molecule has 0 spiro atoms. The summed E-state index contributed by atoms with van der Waals surface area (Å²) in [6.07, 6.45) is 5.69. The van der Waals surface area contributed by atoms with Gasteiger partial charge < -0.3 is 10.1 Å². The van der Waals surface area contributed by atoms with E-state index in [-0.39, 0.29) is 5.91 Å². The van der Waals surface area contributed by atoms with Crippen LogP contribution in [-0.2, 0) is 4.79 Å². The van der Waals surface area contributed by atoms with Crippen molar-refractivity contribution in [3.63, 3.8) is 0 Å². The average Bonchev–Trinajstić information content (AvgIpc) is 2.54. The molecule has 1 amide bonds. The van der Waals surface area contributed by atoms with Gasteiger partial charge in [-0.05, 0) is 42.3 Å². The minimum atomic E-state index is -0.226. The minimum Gasteiger partial charge on any atom is -0.494 e. The SMILES string of the molecule is CCCOc1ccc(C=CC(=O)Nc2ccc(Cl)nc2)cc1. The molecule has 0 bridgehead atoms. The molecule has 2 aromatic rings. The predicted molar refractivity (Wildman–Crippen MR) is 89.1 cm³/mol. The zero-order chi connectivity index (χ0) is 15.8. The van der Waals surface area contributed by atoms with Crippen molar-refractivity contribution in [2.45, 2.75) is 13.3 Å². The molecular weight excluding hydrogens is 300 g/mol. The van der Waals surface area contributed by atoms with Crippen molar-refractivity contribution in [2.75, 3.05) is 11.9 Å². The smallest absolute Gasteiger partial charge is 0.248 e. The van der Waals surface area contributed by atoms with Crippen LogP contribution in [0.5, 0.6) is 5.75 Å². The van der Waals surface area contributed by atoms with Gasteiger partial charge in [0.15, 0.2) is 0 Å². The first-order valence-corrected chi connectivity index (χ1v) is 7.38. The van der Waals surface area contributed by atoms with E-state index in [1.54, 1.807) is 18.2 Å². The molecule has 0 fully saturated rings. The number of carbonyl (C=O) groups excluding carboxylic acids is 1. The van der Waals surface area contributed by atoms with Crippen LogP contribution in [0.3, 0.4) is 0 Å². The summed E-state index contributed by atoms with van der Waals surface area (Å²) in [5.74, 6) is 0.603. The van der Waals surface area contributed by atoms with Gasteiger partial charge >= 0.3 is 0 Å². The molecule has 0 unspecified atom stereocenters. The third-order valence-corrected chi connectivity index (χ3v) is 3.00. The van der Waals surface area contributed by atoms with E-state index in [0.717, 1.165) is 17.7 Å². The maximum absolute atomic E-state index is 11.8. The van der Waals surface area contributed by atoms with Gasteiger partial charge in [-0.3, -0.25) is 4.79 Å². The van der Waals surface area contributed by atoms with Gasteiger partial charge in [-0.2, -0.15) is 0 Å². The molecule has 0 aliphatic rings. The lowest BCUT2D eigenvalue weighted by atomic mass is 10.2. The summed E-state index contributed by atoms with van der Waals surface area (Å²) in [6, 6.07) is 10.9. The summed E-state index contributed by atoms with van der Waals surface area (Å²) in [6.45, 7) is 2.76. The Labute approximate surface area is 134 Å². The first-order chi connectivity index (χ1) is 10.7. The summed E-state index contributed by atoms with van der Waals surface area (Å²) in [5, 5.41) is 3.09. The zero-order valence-corrected chi connectivity index (χ0v) is 13.0. The molecule has 4 nitrogen and oxygen atoms in total. The Hall–Kier alpha value is -2.33. The summed E-state index contributed by atoms with van der Waals surface area (Å²) in [7, 11) is 0. The summed E-state index contributed by atoms with van der Waals surface area (Å²) in [5.41, 5.74) is 1.52. The summed E-state index contributed by atoms with van der Waals surface area (Å²) in [4.78, 5) is 15.7. The maximum Gasteiger partial charge on any atom is 0.248 e. The Balaban J connectivity index is 1.90. The second-order valence-electron chi connectivity index (χ2n) is 4.61. The van der Waals surface area contributed by atoms with Crippen LogP contribution in [-0.4, -0.2) is 17.5 Å². The van der Waals surface area contributed by atoms with Gasteiger partial charge in [-0.15, -0.1) is 0 Å². The molecule has 1 heterocycles. The molecule has 22 heavy (non-hydrogen) atoms. The van der Waals surface area contributed by atoms with Crippen LogP contribution in [0.2, 0.25) is 5.15 Å². The molecule has 0 radical (unpaired) electrons. The number of hydrogen-bond donors (Lipinski definition) is 1. The van der Waals surface area contributed by atoms with Crippen molar-refractivity contribution >= 4 is 29.3 Å². The minimum absolute atomic E-state index is 0.226. The number of benzene rings is 1. The number of nitrogens with zero attached hydrogens (tertiary/aromatic N) is 1. The largest absolute Gasteiger partial charge is 0.494 e. The lowest BCUT2D eigenvalue weighted by Crippen LogP contribution is -2.07. The fraction of sp³-hybridized carbons (Fsp3) is 0.176. The summed E-state index contributed by atoms with van der Waals surface area (Å²) >= 11 is 5.69. The Morgan fingerprint density at radius 2 is 2.05 bits per heavy atom. The predicted octanol–water partition coefficient (Wildman–Crippen LogP) is 4.18. The Bertz CT molecular complexity index is 637. The standard InChI is InChI=1S/C17H17ClN2O2/c1-2-11-22-15-7-3-13(4-8-15)5-10-17(21)20-14-6-9-16(18)19-12-14/h3-10,12H,2,11H2,1H3,(H,20,21). The molecule has 0 aliphatic carbocycles. The van der Waals surface area contributed by atoms with Crippen LogP contribution in [0, 0.1) is 0 Å². The maximum atomic E-state index is 11.8. The third kappa shape index (κ3) is 5.22. The number of amides is 1. The molecule has 0 aliphatic heterocycles. The highest BCUT2D eigenvalue weighted by Gasteiger charge is 1.99. The number of hydrogen-bond acceptors (Lipinski definition) is 3. The molecule has 5 heteroatoms. The highest BCUT2D eigenvalue weighted by Crippen LogP contribution is 2.14. The van der Waals surface area contributed by atoms with Crippen LogP contribution in [0.1, 0.15) is 18.9 Å². The zero-order valence-electron chi connectivity index (χ0n) is 12.3. The number of nitrogens with one attached hydrogen (secondary N) is 1. The van der Waals surface area contributed by atoms with Gasteiger partial charge in [-0.1, -0.05) is 30.7 Å². The van der Waals surface area contributed by atoms with Crippen LogP contribution in [0.4, 0.5) is 5.69 Å². The number of aromatic nitrogens is 1. The number of carbonyl (C=O) groups is 1. The highest BCUT2D eigenvalue weighted by molar-refractivity contribution is 6.29. The van der Waals surface area contributed by atoms with Gasteiger partial charge in [-0.25, -0.2) is 4.98 Å². The normalized spacial score (nSPS) is 10.6. The number of halogens is 1. The topological polar surface area (TPSA) is 51.2 Å². The number of rotatable bonds is 6. The molecule has 1 aromatic carbocycles. The van der Waals surface area contributed by atoms with Crippen LogP contribution < -0.4 is 10.1 Å². The first kappa shape index (κ1) is 16.0. The fourth-order valence-electron chi connectivity index (χ4n) is 1.70. The lowest BCUT2D eigenvalue weighted by molar-refractivity contribution is -0.111. The molecule has 114 valence electrons. The number of anilines is 1. The van der Waals surface area contributed by atoms with Crippen molar-refractivity contribution < 1.29 is 9.53 Å². The molecular formula is C17H17ClN2O2. The van der Waals surface area contributed by atoms with Crippen molar-refractivity contribution in [3.05, 3.63) is 59.4 Å². The molecule has 0 saturated heterocycles. The molecule has 2 rings (SSSR count). The van der Waals surface area contributed by atoms with E-state index in [0.29, 0.717) is 17.4 Å². The molecule has 1 aromatic heterocycles. The van der Waals surface area contributed by atoms with Crippen LogP contribution >= 0.6 is 11.6 Å². The van der Waals surface area contributed by atoms with E-state index in [4.69, 9.17) is 16.3 Å². The summed E-state index contributed by atoms with van der Waals surface area (Å²) < 4.78 is 5.50. The van der Waals surface area contributed by atoms with Gasteiger partial charge in [0.25, 0.3) is 0 Å².